The Morgan fingerprint density at radius 3 is 2.37 bits per heavy atom. The van der Waals surface area contributed by atoms with E-state index in [2.05, 4.69) is 10.1 Å². The van der Waals surface area contributed by atoms with Gasteiger partial charge in [0.2, 0.25) is 5.78 Å². The van der Waals surface area contributed by atoms with Gasteiger partial charge >= 0.3 is 12.1 Å². The maximum absolute atomic E-state index is 12.3. The SMILES string of the molecule is CNCCN(CCCC(=O)C(=O)OC)CC(F)(F)F. The molecule has 0 saturated carbocycles. The molecule has 0 heterocycles. The summed E-state index contributed by atoms with van der Waals surface area (Å²) in [6.45, 7) is -0.283. The Balaban J connectivity index is 4.11. The first kappa shape index (κ1) is 17.8. The van der Waals surface area contributed by atoms with Crippen LogP contribution < -0.4 is 5.32 Å². The van der Waals surface area contributed by atoms with E-state index in [-0.39, 0.29) is 25.9 Å². The molecule has 0 aromatic carbocycles. The van der Waals surface area contributed by atoms with Crippen LogP contribution in [0.4, 0.5) is 13.2 Å². The van der Waals surface area contributed by atoms with E-state index in [1.807, 2.05) is 0 Å². The van der Waals surface area contributed by atoms with Crippen LogP contribution in [0.5, 0.6) is 0 Å². The number of rotatable bonds is 9. The van der Waals surface area contributed by atoms with Gasteiger partial charge in [-0.2, -0.15) is 13.2 Å². The van der Waals surface area contributed by atoms with Crippen LogP contribution in [0.3, 0.4) is 0 Å². The largest absolute Gasteiger partial charge is 0.463 e. The molecule has 112 valence electrons. The van der Waals surface area contributed by atoms with Gasteiger partial charge in [-0.15, -0.1) is 0 Å². The third-order valence-electron chi connectivity index (χ3n) is 2.37. The Morgan fingerprint density at radius 2 is 1.89 bits per heavy atom. The predicted molar refractivity (Wildman–Crippen MR) is 62.7 cm³/mol. The lowest BCUT2D eigenvalue weighted by molar-refractivity contribution is -0.152. The highest BCUT2D eigenvalue weighted by molar-refractivity contribution is 6.33. The fourth-order valence-electron chi connectivity index (χ4n) is 1.47. The number of hydrogen-bond donors (Lipinski definition) is 1. The molecule has 0 aliphatic rings. The van der Waals surface area contributed by atoms with E-state index in [1.165, 1.54) is 4.90 Å². The van der Waals surface area contributed by atoms with Gasteiger partial charge in [0.25, 0.3) is 0 Å². The zero-order valence-electron chi connectivity index (χ0n) is 11.0. The molecule has 8 heteroatoms. The minimum atomic E-state index is -4.28. The van der Waals surface area contributed by atoms with Crippen molar-refractivity contribution in [2.75, 3.05) is 40.3 Å². The van der Waals surface area contributed by atoms with Gasteiger partial charge in [-0.05, 0) is 20.0 Å². The molecule has 5 nitrogen and oxygen atoms in total. The topological polar surface area (TPSA) is 58.6 Å². The van der Waals surface area contributed by atoms with Crippen LogP contribution >= 0.6 is 0 Å². The van der Waals surface area contributed by atoms with Gasteiger partial charge in [-0.25, -0.2) is 4.79 Å². The average Bonchev–Trinajstić information content (AvgIpc) is 2.32. The standard InChI is InChI=1S/C11H19F3N2O3/c1-15-5-7-16(8-11(12,13)14)6-3-4-9(17)10(18)19-2/h15H,3-8H2,1-2H3. The van der Waals surface area contributed by atoms with E-state index in [1.54, 1.807) is 7.05 Å². The summed E-state index contributed by atoms with van der Waals surface area (Å²) >= 11 is 0. The van der Waals surface area contributed by atoms with Crippen LogP contribution in [0.25, 0.3) is 0 Å². The molecular formula is C11H19F3N2O3. The monoisotopic (exact) mass is 284 g/mol. The Kier molecular flexibility index (Phi) is 8.33. The highest BCUT2D eigenvalue weighted by atomic mass is 19.4. The van der Waals surface area contributed by atoms with Crippen molar-refractivity contribution in [2.24, 2.45) is 0 Å². The Morgan fingerprint density at radius 1 is 1.26 bits per heavy atom. The second-order valence-corrected chi connectivity index (χ2v) is 4.01. The molecule has 0 spiro atoms. The molecule has 0 aliphatic heterocycles. The maximum Gasteiger partial charge on any atom is 0.401 e. The normalized spacial score (nSPS) is 11.7. The minimum Gasteiger partial charge on any atom is -0.463 e. The molecule has 0 aromatic heterocycles. The summed E-state index contributed by atoms with van der Waals surface area (Å²) < 4.78 is 41.1. The van der Waals surface area contributed by atoms with E-state index in [4.69, 9.17) is 0 Å². The number of Topliss-reactive ketones (excluding diaryl/α,β-unsaturated/α-hetero) is 1. The molecular weight excluding hydrogens is 265 g/mol. The number of ketones is 1. The molecule has 0 aromatic rings. The van der Waals surface area contributed by atoms with Crippen molar-refractivity contribution < 1.29 is 27.5 Å². The quantitative estimate of drug-likeness (QED) is 0.496. The number of carbonyl (C=O) groups excluding carboxylic acids is 2. The van der Waals surface area contributed by atoms with E-state index in [9.17, 15) is 22.8 Å². The molecule has 19 heavy (non-hydrogen) atoms. The zero-order chi connectivity index (χ0) is 14.9. The number of methoxy groups -OCH3 is 1. The van der Waals surface area contributed by atoms with Crippen LogP contribution in [0.2, 0.25) is 0 Å². The number of carbonyl (C=O) groups is 2. The van der Waals surface area contributed by atoms with Gasteiger partial charge in [-0.3, -0.25) is 9.69 Å². The molecule has 0 aliphatic carbocycles. The van der Waals surface area contributed by atoms with Gasteiger partial charge in [-0.1, -0.05) is 0 Å². The lowest BCUT2D eigenvalue weighted by atomic mass is 10.2. The molecule has 0 fully saturated rings. The molecule has 0 atom stereocenters. The van der Waals surface area contributed by atoms with E-state index >= 15 is 0 Å². The Hall–Kier alpha value is -1.15. The maximum atomic E-state index is 12.3. The first-order chi connectivity index (χ1) is 8.80. The molecule has 1 N–H and O–H groups in total. The van der Waals surface area contributed by atoms with Crippen LogP contribution in [0, 0.1) is 0 Å². The minimum absolute atomic E-state index is 0.101. The van der Waals surface area contributed by atoms with Gasteiger partial charge in [0.05, 0.1) is 13.7 Å². The highest BCUT2D eigenvalue weighted by Crippen LogP contribution is 2.16. The summed E-state index contributed by atoms with van der Waals surface area (Å²) in [6.07, 6.45) is -4.20. The number of alkyl halides is 3. The fraction of sp³-hybridized carbons (Fsp3) is 0.818. The smallest absolute Gasteiger partial charge is 0.401 e. The second-order valence-electron chi connectivity index (χ2n) is 4.01. The Labute approximate surface area is 110 Å². The lowest BCUT2D eigenvalue weighted by Crippen LogP contribution is -2.39. The average molecular weight is 284 g/mol. The van der Waals surface area contributed by atoms with Crippen molar-refractivity contribution in [2.45, 2.75) is 19.0 Å². The van der Waals surface area contributed by atoms with E-state index < -0.39 is 24.5 Å². The second kappa shape index (κ2) is 8.87. The van der Waals surface area contributed by atoms with Crippen LogP contribution in [0.15, 0.2) is 0 Å². The first-order valence-electron chi connectivity index (χ1n) is 5.85. The summed E-state index contributed by atoms with van der Waals surface area (Å²) in [5.74, 6) is -1.68. The Bertz CT molecular complexity index is 295. The van der Waals surface area contributed by atoms with E-state index in [0.717, 1.165) is 7.11 Å². The zero-order valence-corrected chi connectivity index (χ0v) is 11.0. The van der Waals surface area contributed by atoms with Crippen molar-refractivity contribution in [3.63, 3.8) is 0 Å². The summed E-state index contributed by atoms with van der Waals surface area (Å²) in [5, 5.41) is 2.76. The fourth-order valence-corrected chi connectivity index (χ4v) is 1.47. The van der Waals surface area contributed by atoms with Crippen LogP contribution in [-0.4, -0.2) is 63.2 Å². The molecule has 0 radical (unpaired) electrons. The number of nitrogens with one attached hydrogen (secondary N) is 1. The van der Waals surface area contributed by atoms with Crippen LogP contribution in [0.1, 0.15) is 12.8 Å². The van der Waals surface area contributed by atoms with Crippen molar-refractivity contribution in [3.8, 4) is 0 Å². The first-order valence-corrected chi connectivity index (χ1v) is 5.85. The van der Waals surface area contributed by atoms with E-state index in [0.29, 0.717) is 6.54 Å². The lowest BCUT2D eigenvalue weighted by Gasteiger charge is -2.23. The number of esters is 1. The molecule has 0 bridgehead atoms. The number of halogens is 3. The third-order valence-corrected chi connectivity index (χ3v) is 2.37. The number of likely N-dealkylation sites (N-methyl/N-ethyl adjacent to an activating group) is 1. The predicted octanol–water partition coefficient (Wildman–Crippen LogP) is 0.592. The number of hydrogen-bond acceptors (Lipinski definition) is 5. The summed E-state index contributed by atoms with van der Waals surface area (Å²) in [4.78, 5) is 23.1. The van der Waals surface area contributed by atoms with Gasteiger partial charge < -0.3 is 10.1 Å². The number of ether oxygens (including phenoxy) is 1. The van der Waals surface area contributed by atoms with Crippen molar-refractivity contribution in [1.82, 2.24) is 10.2 Å². The summed E-state index contributed by atoms with van der Waals surface area (Å²) in [5.41, 5.74) is 0. The molecule has 0 saturated heterocycles. The molecule has 0 rings (SSSR count). The van der Waals surface area contributed by atoms with Crippen LogP contribution in [-0.2, 0) is 14.3 Å². The van der Waals surface area contributed by atoms with Crippen molar-refractivity contribution >= 4 is 11.8 Å². The molecule has 0 amide bonds. The summed E-state index contributed by atoms with van der Waals surface area (Å²) in [6, 6.07) is 0. The highest BCUT2D eigenvalue weighted by Gasteiger charge is 2.30. The van der Waals surface area contributed by atoms with Gasteiger partial charge in [0, 0.05) is 19.5 Å². The summed E-state index contributed by atoms with van der Waals surface area (Å²) in [7, 11) is 2.73. The van der Waals surface area contributed by atoms with Gasteiger partial charge in [0.1, 0.15) is 0 Å². The van der Waals surface area contributed by atoms with Gasteiger partial charge in [0.15, 0.2) is 0 Å². The molecule has 0 unspecified atom stereocenters. The van der Waals surface area contributed by atoms with Crippen molar-refractivity contribution in [3.05, 3.63) is 0 Å². The third kappa shape index (κ3) is 9.43. The van der Waals surface area contributed by atoms with Crippen molar-refractivity contribution in [1.29, 1.82) is 0 Å². The number of nitrogens with zero attached hydrogens (tertiary/aromatic N) is 1.